The number of nitrogens with zero attached hydrogens (tertiary/aromatic N) is 1. The van der Waals surface area contributed by atoms with E-state index in [1.807, 2.05) is 18.2 Å². The minimum absolute atomic E-state index is 0.104. The van der Waals surface area contributed by atoms with Gasteiger partial charge >= 0.3 is 5.97 Å². The van der Waals surface area contributed by atoms with Crippen LogP contribution in [0, 0.1) is 0 Å². The quantitative estimate of drug-likeness (QED) is 0.778. The Hall–Kier alpha value is -2.86. The molecule has 1 fully saturated rings. The molecule has 0 bridgehead atoms. The summed E-state index contributed by atoms with van der Waals surface area (Å²) in [5.41, 5.74) is 2.17. The number of piperidine rings is 1. The SMILES string of the molecule is COC(=O)c1ccc(C(=O)NC2CCCN(Cc3cccc(OC)c3)C2)cc1. The van der Waals surface area contributed by atoms with E-state index in [1.165, 1.54) is 12.7 Å². The molecule has 1 atom stereocenters. The van der Waals surface area contributed by atoms with Crippen LogP contribution >= 0.6 is 0 Å². The van der Waals surface area contributed by atoms with E-state index in [4.69, 9.17) is 4.74 Å². The summed E-state index contributed by atoms with van der Waals surface area (Å²) in [5.74, 6) is 0.326. The molecular weight excluding hydrogens is 356 g/mol. The normalized spacial score (nSPS) is 17.0. The Balaban J connectivity index is 1.56. The van der Waals surface area contributed by atoms with Crippen molar-refractivity contribution >= 4 is 11.9 Å². The minimum atomic E-state index is -0.410. The Morgan fingerprint density at radius 1 is 1.11 bits per heavy atom. The van der Waals surface area contributed by atoms with Crippen LogP contribution in [0.1, 0.15) is 39.1 Å². The van der Waals surface area contributed by atoms with Crippen molar-refractivity contribution in [2.45, 2.75) is 25.4 Å². The van der Waals surface area contributed by atoms with Gasteiger partial charge in [-0.3, -0.25) is 9.69 Å². The number of hydrogen-bond donors (Lipinski definition) is 1. The lowest BCUT2D eigenvalue weighted by Gasteiger charge is -2.33. The van der Waals surface area contributed by atoms with E-state index in [1.54, 1.807) is 31.4 Å². The van der Waals surface area contributed by atoms with Gasteiger partial charge in [0.05, 0.1) is 19.8 Å². The first-order chi connectivity index (χ1) is 13.6. The lowest BCUT2D eigenvalue weighted by Crippen LogP contribution is -2.47. The molecule has 1 saturated heterocycles. The monoisotopic (exact) mass is 382 g/mol. The van der Waals surface area contributed by atoms with Crippen molar-refractivity contribution in [1.82, 2.24) is 10.2 Å². The zero-order chi connectivity index (χ0) is 19.9. The maximum Gasteiger partial charge on any atom is 0.337 e. The van der Waals surface area contributed by atoms with E-state index in [0.717, 1.165) is 38.2 Å². The second-order valence-electron chi connectivity index (χ2n) is 6.97. The van der Waals surface area contributed by atoms with Crippen LogP contribution in [0.25, 0.3) is 0 Å². The summed E-state index contributed by atoms with van der Waals surface area (Å²) in [6, 6.07) is 14.7. The van der Waals surface area contributed by atoms with Crippen molar-refractivity contribution in [3.8, 4) is 5.75 Å². The summed E-state index contributed by atoms with van der Waals surface area (Å²) in [4.78, 5) is 26.4. The van der Waals surface area contributed by atoms with Crippen LogP contribution in [0.15, 0.2) is 48.5 Å². The van der Waals surface area contributed by atoms with Crippen LogP contribution in [-0.2, 0) is 11.3 Å². The van der Waals surface area contributed by atoms with E-state index in [-0.39, 0.29) is 11.9 Å². The van der Waals surface area contributed by atoms with Gasteiger partial charge in [0.25, 0.3) is 5.91 Å². The summed E-state index contributed by atoms with van der Waals surface area (Å²) in [6.07, 6.45) is 2.00. The van der Waals surface area contributed by atoms with Gasteiger partial charge in [0.15, 0.2) is 0 Å². The standard InChI is InChI=1S/C22H26N2O4/c1-27-20-7-3-5-16(13-20)14-24-12-4-6-19(15-24)23-21(25)17-8-10-18(11-9-17)22(26)28-2/h3,5,7-11,13,19H,4,6,12,14-15H2,1-2H3,(H,23,25). The van der Waals surface area contributed by atoms with Crippen LogP contribution in [0.3, 0.4) is 0 Å². The van der Waals surface area contributed by atoms with Crippen LogP contribution < -0.4 is 10.1 Å². The third kappa shape index (κ3) is 5.10. The highest BCUT2D eigenvalue weighted by Crippen LogP contribution is 2.18. The lowest BCUT2D eigenvalue weighted by atomic mass is 10.0. The topological polar surface area (TPSA) is 67.9 Å². The summed E-state index contributed by atoms with van der Waals surface area (Å²) in [6.45, 7) is 2.65. The molecule has 0 spiro atoms. The Morgan fingerprint density at radius 2 is 1.86 bits per heavy atom. The van der Waals surface area contributed by atoms with Crippen molar-refractivity contribution in [2.24, 2.45) is 0 Å². The number of carbonyl (C=O) groups excluding carboxylic acids is 2. The first kappa shape index (κ1) is 19.9. The molecule has 1 heterocycles. The van der Waals surface area contributed by atoms with Gasteiger partial charge in [-0.25, -0.2) is 4.79 Å². The molecule has 2 aromatic carbocycles. The van der Waals surface area contributed by atoms with Gasteiger partial charge in [-0.15, -0.1) is 0 Å². The number of carbonyl (C=O) groups is 2. The number of likely N-dealkylation sites (tertiary alicyclic amines) is 1. The van der Waals surface area contributed by atoms with E-state index < -0.39 is 5.97 Å². The summed E-state index contributed by atoms with van der Waals surface area (Å²) in [7, 11) is 3.01. The van der Waals surface area contributed by atoms with Crippen molar-refractivity contribution in [2.75, 3.05) is 27.3 Å². The molecule has 0 saturated carbocycles. The number of amides is 1. The number of ether oxygens (including phenoxy) is 2. The Bertz CT molecular complexity index is 820. The molecule has 0 radical (unpaired) electrons. The van der Waals surface area contributed by atoms with Crippen LogP contribution in [0.5, 0.6) is 5.75 Å². The van der Waals surface area contributed by atoms with Gasteiger partial charge in [0, 0.05) is 24.7 Å². The molecule has 0 aromatic heterocycles. The second kappa shape index (κ2) is 9.37. The zero-order valence-electron chi connectivity index (χ0n) is 16.3. The highest BCUT2D eigenvalue weighted by molar-refractivity contribution is 5.96. The van der Waals surface area contributed by atoms with Gasteiger partial charge in [0.2, 0.25) is 0 Å². The average molecular weight is 382 g/mol. The number of hydrogen-bond acceptors (Lipinski definition) is 5. The molecule has 1 amide bonds. The number of rotatable bonds is 6. The molecule has 6 heteroatoms. The highest BCUT2D eigenvalue weighted by atomic mass is 16.5. The molecule has 148 valence electrons. The number of benzene rings is 2. The number of esters is 1. The predicted molar refractivity (Wildman–Crippen MR) is 107 cm³/mol. The average Bonchev–Trinajstić information content (AvgIpc) is 2.73. The summed E-state index contributed by atoms with van der Waals surface area (Å²) >= 11 is 0. The smallest absolute Gasteiger partial charge is 0.337 e. The van der Waals surface area contributed by atoms with Crippen LogP contribution in [-0.4, -0.2) is 50.1 Å². The molecule has 0 aliphatic carbocycles. The van der Waals surface area contributed by atoms with Gasteiger partial charge < -0.3 is 14.8 Å². The summed E-state index contributed by atoms with van der Waals surface area (Å²) in [5, 5.41) is 3.11. The molecule has 1 aliphatic heterocycles. The fraction of sp³-hybridized carbons (Fsp3) is 0.364. The fourth-order valence-electron chi connectivity index (χ4n) is 3.49. The minimum Gasteiger partial charge on any atom is -0.497 e. The number of nitrogens with one attached hydrogen (secondary N) is 1. The second-order valence-corrected chi connectivity index (χ2v) is 6.97. The first-order valence-corrected chi connectivity index (χ1v) is 9.43. The van der Waals surface area contributed by atoms with E-state index >= 15 is 0 Å². The van der Waals surface area contributed by atoms with Gasteiger partial charge in [-0.05, 0) is 61.3 Å². The zero-order valence-corrected chi connectivity index (χ0v) is 16.3. The summed E-state index contributed by atoms with van der Waals surface area (Å²) < 4.78 is 9.97. The molecular formula is C22H26N2O4. The van der Waals surface area contributed by atoms with Crippen LogP contribution in [0.4, 0.5) is 0 Å². The van der Waals surface area contributed by atoms with Crippen molar-refractivity contribution < 1.29 is 19.1 Å². The fourth-order valence-corrected chi connectivity index (χ4v) is 3.49. The Labute approximate surface area is 165 Å². The van der Waals surface area contributed by atoms with Crippen molar-refractivity contribution in [3.63, 3.8) is 0 Å². The van der Waals surface area contributed by atoms with E-state index in [9.17, 15) is 9.59 Å². The predicted octanol–water partition coefficient (Wildman–Crippen LogP) is 2.88. The van der Waals surface area contributed by atoms with E-state index in [0.29, 0.717) is 11.1 Å². The molecule has 1 N–H and O–H groups in total. The Morgan fingerprint density at radius 3 is 2.57 bits per heavy atom. The molecule has 1 unspecified atom stereocenters. The maximum absolute atomic E-state index is 12.5. The van der Waals surface area contributed by atoms with Crippen LogP contribution in [0.2, 0.25) is 0 Å². The largest absolute Gasteiger partial charge is 0.497 e. The van der Waals surface area contributed by atoms with E-state index in [2.05, 4.69) is 21.0 Å². The molecule has 3 rings (SSSR count). The van der Waals surface area contributed by atoms with Crippen molar-refractivity contribution in [1.29, 1.82) is 0 Å². The highest BCUT2D eigenvalue weighted by Gasteiger charge is 2.22. The van der Waals surface area contributed by atoms with Gasteiger partial charge in [-0.2, -0.15) is 0 Å². The molecule has 28 heavy (non-hydrogen) atoms. The molecule has 6 nitrogen and oxygen atoms in total. The third-order valence-corrected chi connectivity index (χ3v) is 4.95. The lowest BCUT2D eigenvalue weighted by molar-refractivity contribution is 0.0600. The Kier molecular flexibility index (Phi) is 6.66. The van der Waals surface area contributed by atoms with Gasteiger partial charge in [0.1, 0.15) is 5.75 Å². The third-order valence-electron chi connectivity index (χ3n) is 4.95. The van der Waals surface area contributed by atoms with Crippen molar-refractivity contribution in [3.05, 3.63) is 65.2 Å². The maximum atomic E-state index is 12.5. The first-order valence-electron chi connectivity index (χ1n) is 9.43. The molecule has 2 aromatic rings. The number of methoxy groups -OCH3 is 2. The molecule has 1 aliphatic rings. The van der Waals surface area contributed by atoms with Gasteiger partial charge in [-0.1, -0.05) is 12.1 Å².